The molecule has 136 valence electrons. The van der Waals surface area contributed by atoms with E-state index in [4.69, 9.17) is 0 Å². The molecule has 0 unspecified atom stereocenters. The van der Waals surface area contributed by atoms with Crippen molar-refractivity contribution in [2.75, 3.05) is 53.4 Å². The second kappa shape index (κ2) is 9.97. The van der Waals surface area contributed by atoms with Crippen LogP contribution in [0.4, 0.5) is 13.2 Å². The molecule has 2 N–H and O–H groups in total. The van der Waals surface area contributed by atoms with Gasteiger partial charge in [0.2, 0.25) is 0 Å². The molecule has 5 nitrogen and oxygen atoms in total. The Morgan fingerprint density at radius 3 is 2.48 bits per heavy atom. The van der Waals surface area contributed by atoms with Gasteiger partial charge in [-0.1, -0.05) is 6.92 Å². The van der Waals surface area contributed by atoms with E-state index >= 15 is 0 Å². The summed E-state index contributed by atoms with van der Waals surface area (Å²) >= 11 is 0. The first-order valence-electron chi connectivity index (χ1n) is 8.29. The molecule has 1 fully saturated rings. The quantitative estimate of drug-likeness (QED) is 0.546. The minimum Gasteiger partial charge on any atom is -0.355 e. The lowest BCUT2D eigenvalue weighted by atomic mass is 10.1. The Bertz CT molecular complexity index is 352. The number of rotatable bonds is 7. The van der Waals surface area contributed by atoms with Crippen molar-refractivity contribution in [2.24, 2.45) is 4.99 Å². The number of piperidine rings is 1. The lowest BCUT2D eigenvalue weighted by Crippen LogP contribution is -2.49. The highest BCUT2D eigenvalue weighted by molar-refractivity contribution is 5.79. The smallest absolute Gasteiger partial charge is 0.355 e. The summed E-state index contributed by atoms with van der Waals surface area (Å²) < 4.78 is 36.8. The normalized spacial score (nSPS) is 18.5. The fraction of sp³-hybridized carbons (Fsp3) is 0.933. The summed E-state index contributed by atoms with van der Waals surface area (Å²) in [5.41, 5.74) is 0. The summed E-state index contributed by atoms with van der Waals surface area (Å²) in [6, 6.07) is 0.377. The average molecular weight is 337 g/mol. The molecule has 0 saturated carbocycles. The summed E-state index contributed by atoms with van der Waals surface area (Å²) in [5.74, 6) is 0.666. The maximum absolute atomic E-state index is 12.3. The standard InChI is InChI=1S/C15H30F3N5/c1-4-8-23-9-5-13(6-10-23)21-14(19-2)20-7-11-22(3)12-15(16,17)18/h13H,4-12H2,1-3H3,(H2,19,20,21). The number of nitrogens with one attached hydrogen (secondary N) is 2. The molecule has 1 aliphatic rings. The number of likely N-dealkylation sites (tertiary alicyclic amines) is 1. The molecular formula is C15H30F3N5. The van der Waals surface area contributed by atoms with Crippen LogP contribution in [0.25, 0.3) is 0 Å². The van der Waals surface area contributed by atoms with E-state index in [9.17, 15) is 13.2 Å². The zero-order chi connectivity index (χ0) is 17.3. The van der Waals surface area contributed by atoms with Gasteiger partial charge in [0, 0.05) is 39.3 Å². The Labute approximate surface area is 137 Å². The lowest BCUT2D eigenvalue weighted by molar-refractivity contribution is -0.142. The van der Waals surface area contributed by atoms with Gasteiger partial charge in [-0.05, 0) is 32.9 Å². The van der Waals surface area contributed by atoms with E-state index in [1.165, 1.54) is 18.4 Å². The summed E-state index contributed by atoms with van der Waals surface area (Å²) in [6.45, 7) is 5.34. The Hall–Kier alpha value is -1.02. The Kier molecular flexibility index (Phi) is 8.68. The molecule has 1 saturated heterocycles. The van der Waals surface area contributed by atoms with E-state index < -0.39 is 12.7 Å². The number of likely N-dealkylation sites (N-methyl/N-ethyl adjacent to an activating group) is 1. The Morgan fingerprint density at radius 1 is 1.30 bits per heavy atom. The minimum absolute atomic E-state index is 0.315. The van der Waals surface area contributed by atoms with Crippen LogP contribution in [-0.4, -0.2) is 81.3 Å². The van der Waals surface area contributed by atoms with E-state index in [1.54, 1.807) is 7.05 Å². The summed E-state index contributed by atoms with van der Waals surface area (Å²) in [5, 5.41) is 6.45. The molecule has 0 aromatic rings. The third-order valence-electron chi connectivity index (χ3n) is 3.93. The van der Waals surface area contributed by atoms with Crippen molar-refractivity contribution >= 4 is 5.96 Å². The van der Waals surface area contributed by atoms with Crippen molar-refractivity contribution in [1.82, 2.24) is 20.4 Å². The van der Waals surface area contributed by atoms with Gasteiger partial charge in [0.05, 0.1) is 6.54 Å². The van der Waals surface area contributed by atoms with Crippen LogP contribution in [0.3, 0.4) is 0 Å². The van der Waals surface area contributed by atoms with Gasteiger partial charge in [-0.25, -0.2) is 0 Å². The number of nitrogens with zero attached hydrogens (tertiary/aromatic N) is 3. The Balaban J connectivity index is 2.23. The minimum atomic E-state index is -4.15. The third kappa shape index (κ3) is 9.00. The summed E-state index contributed by atoms with van der Waals surface area (Å²) in [6.07, 6.45) is -0.850. The van der Waals surface area contributed by atoms with Gasteiger partial charge in [-0.15, -0.1) is 0 Å². The maximum atomic E-state index is 12.3. The highest BCUT2D eigenvalue weighted by atomic mass is 19.4. The second-order valence-corrected chi connectivity index (χ2v) is 6.11. The molecular weight excluding hydrogens is 307 g/mol. The Morgan fingerprint density at radius 2 is 1.96 bits per heavy atom. The predicted molar refractivity (Wildman–Crippen MR) is 87.8 cm³/mol. The molecule has 0 bridgehead atoms. The van der Waals surface area contributed by atoms with Crippen LogP contribution in [0.15, 0.2) is 4.99 Å². The van der Waals surface area contributed by atoms with Crippen LogP contribution >= 0.6 is 0 Å². The van der Waals surface area contributed by atoms with E-state index in [1.807, 2.05) is 0 Å². The zero-order valence-electron chi connectivity index (χ0n) is 14.4. The number of halogens is 3. The van der Waals surface area contributed by atoms with Crippen LogP contribution in [0.1, 0.15) is 26.2 Å². The SMILES string of the molecule is CCCN1CCC(NC(=NC)NCCN(C)CC(F)(F)F)CC1. The highest BCUT2D eigenvalue weighted by Crippen LogP contribution is 2.15. The van der Waals surface area contributed by atoms with Crippen molar-refractivity contribution in [2.45, 2.75) is 38.4 Å². The van der Waals surface area contributed by atoms with Gasteiger partial charge in [0.15, 0.2) is 5.96 Å². The van der Waals surface area contributed by atoms with E-state index in [0.717, 1.165) is 32.5 Å². The van der Waals surface area contributed by atoms with Crippen molar-refractivity contribution in [1.29, 1.82) is 0 Å². The van der Waals surface area contributed by atoms with E-state index in [2.05, 4.69) is 27.4 Å². The van der Waals surface area contributed by atoms with Crippen LogP contribution in [0.2, 0.25) is 0 Å². The molecule has 1 heterocycles. The molecule has 0 aromatic carbocycles. The second-order valence-electron chi connectivity index (χ2n) is 6.11. The number of guanidine groups is 1. The fourth-order valence-corrected chi connectivity index (χ4v) is 2.76. The van der Waals surface area contributed by atoms with Gasteiger partial charge in [-0.2, -0.15) is 13.2 Å². The summed E-state index contributed by atoms with van der Waals surface area (Å²) in [4.78, 5) is 7.86. The van der Waals surface area contributed by atoms with Crippen molar-refractivity contribution < 1.29 is 13.2 Å². The first-order valence-corrected chi connectivity index (χ1v) is 8.29. The van der Waals surface area contributed by atoms with Crippen LogP contribution in [0, 0.1) is 0 Å². The van der Waals surface area contributed by atoms with E-state index in [0.29, 0.717) is 25.1 Å². The van der Waals surface area contributed by atoms with Crippen LogP contribution < -0.4 is 10.6 Å². The average Bonchev–Trinajstić information content (AvgIpc) is 2.46. The molecule has 0 atom stereocenters. The number of hydrogen-bond acceptors (Lipinski definition) is 3. The first kappa shape index (κ1) is 20.0. The van der Waals surface area contributed by atoms with Crippen molar-refractivity contribution in [3.05, 3.63) is 0 Å². The topological polar surface area (TPSA) is 42.9 Å². The fourth-order valence-electron chi connectivity index (χ4n) is 2.76. The van der Waals surface area contributed by atoms with Gasteiger partial charge in [0.25, 0.3) is 0 Å². The van der Waals surface area contributed by atoms with Crippen molar-refractivity contribution in [3.8, 4) is 0 Å². The molecule has 23 heavy (non-hydrogen) atoms. The predicted octanol–water partition coefficient (Wildman–Crippen LogP) is 1.52. The van der Waals surface area contributed by atoms with Crippen LogP contribution in [0.5, 0.6) is 0 Å². The van der Waals surface area contributed by atoms with Crippen molar-refractivity contribution in [3.63, 3.8) is 0 Å². The number of alkyl halides is 3. The summed E-state index contributed by atoms with van der Waals surface area (Å²) in [7, 11) is 3.15. The lowest BCUT2D eigenvalue weighted by Gasteiger charge is -2.32. The van der Waals surface area contributed by atoms with Gasteiger partial charge < -0.3 is 15.5 Å². The molecule has 0 aromatic heterocycles. The van der Waals surface area contributed by atoms with Gasteiger partial charge >= 0.3 is 6.18 Å². The third-order valence-corrected chi connectivity index (χ3v) is 3.93. The maximum Gasteiger partial charge on any atom is 0.401 e. The monoisotopic (exact) mass is 337 g/mol. The largest absolute Gasteiger partial charge is 0.401 e. The van der Waals surface area contributed by atoms with Crippen LogP contribution in [-0.2, 0) is 0 Å². The molecule has 1 rings (SSSR count). The highest BCUT2D eigenvalue weighted by Gasteiger charge is 2.28. The first-order chi connectivity index (χ1) is 10.8. The molecule has 0 aliphatic carbocycles. The molecule has 0 amide bonds. The molecule has 0 spiro atoms. The molecule has 1 aliphatic heterocycles. The van der Waals surface area contributed by atoms with E-state index in [-0.39, 0.29) is 0 Å². The molecule has 0 radical (unpaired) electrons. The number of aliphatic imine (C=N–C) groups is 1. The number of hydrogen-bond donors (Lipinski definition) is 2. The molecule has 8 heteroatoms. The van der Waals surface area contributed by atoms with Gasteiger partial charge in [-0.3, -0.25) is 9.89 Å². The zero-order valence-corrected chi connectivity index (χ0v) is 14.4. The van der Waals surface area contributed by atoms with Gasteiger partial charge in [0.1, 0.15) is 0 Å².